The van der Waals surface area contributed by atoms with E-state index >= 15 is 0 Å². The minimum atomic E-state index is -0.558. The second-order valence-electron chi connectivity index (χ2n) is 10.5. The summed E-state index contributed by atoms with van der Waals surface area (Å²) in [6.45, 7) is 13.2. The second kappa shape index (κ2) is 15.5. The molecule has 4 aromatic rings. The predicted molar refractivity (Wildman–Crippen MR) is 182 cm³/mol. The number of carbonyl (C=O) groups is 3. The van der Waals surface area contributed by atoms with Crippen molar-refractivity contribution in [3.05, 3.63) is 125 Å². The molecule has 0 unspecified atom stereocenters. The van der Waals surface area contributed by atoms with Gasteiger partial charge >= 0.3 is 6.03 Å². The first-order chi connectivity index (χ1) is 21.0. The van der Waals surface area contributed by atoms with Gasteiger partial charge < -0.3 is 10.1 Å². The van der Waals surface area contributed by atoms with Gasteiger partial charge in [-0.15, -0.1) is 0 Å². The largest absolute Gasteiger partial charge is 0.497 e. The van der Waals surface area contributed by atoms with Crippen molar-refractivity contribution in [2.75, 3.05) is 17.3 Å². The van der Waals surface area contributed by atoms with E-state index in [1.807, 2.05) is 64.1 Å². The van der Waals surface area contributed by atoms with E-state index in [2.05, 4.69) is 11.9 Å². The number of ether oxygens (including phenoxy) is 1. The number of rotatable bonds is 8. The number of aryl methyl sites for hydroxylation is 2. The lowest BCUT2D eigenvalue weighted by Gasteiger charge is -2.22. The fourth-order valence-electron chi connectivity index (χ4n) is 4.40. The highest BCUT2D eigenvalue weighted by Gasteiger charge is 2.26. The lowest BCUT2D eigenvalue weighted by Crippen LogP contribution is -2.41. The van der Waals surface area contributed by atoms with Gasteiger partial charge in [-0.2, -0.15) is 0 Å². The number of fused-ring (bicyclic) bond motifs is 1. The van der Waals surface area contributed by atoms with E-state index in [1.54, 1.807) is 62.6 Å². The Hall–Kier alpha value is -4.88. The number of imide groups is 1. The fraction of sp³-hybridized carbons (Fsp3) is 0.194. The van der Waals surface area contributed by atoms with Gasteiger partial charge in [-0.05, 0) is 88.7 Å². The van der Waals surface area contributed by atoms with Crippen LogP contribution >= 0.6 is 11.6 Å². The Kier molecular flexibility index (Phi) is 11.9. The lowest BCUT2D eigenvalue weighted by atomic mass is 10.1. The summed E-state index contributed by atoms with van der Waals surface area (Å²) in [6, 6.07) is 19.3. The van der Waals surface area contributed by atoms with Crippen LogP contribution in [-0.2, 0) is 16.0 Å². The predicted octanol–water partition coefficient (Wildman–Crippen LogP) is 8.68. The second-order valence-corrected chi connectivity index (χ2v) is 10.9. The Bertz CT molecular complexity index is 1710. The van der Waals surface area contributed by atoms with Gasteiger partial charge in [0.05, 0.1) is 24.7 Å². The Morgan fingerprint density at radius 1 is 0.955 bits per heavy atom. The molecular formula is C36H38ClN3O4. The molecule has 0 radical (unpaired) electrons. The van der Waals surface area contributed by atoms with Gasteiger partial charge in [0.15, 0.2) is 0 Å². The number of allylic oxidation sites excluding steroid dienone is 5. The molecule has 8 heteroatoms. The van der Waals surface area contributed by atoms with Crippen molar-refractivity contribution in [2.24, 2.45) is 0 Å². The summed E-state index contributed by atoms with van der Waals surface area (Å²) >= 11 is 5.61. The topological polar surface area (TPSA) is 80.6 Å². The molecule has 3 amide bonds. The monoisotopic (exact) mass is 611 g/mol. The molecule has 0 aliphatic rings. The van der Waals surface area contributed by atoms with E-state index in [4.69, 9.17) is 16.3 Å². The third kappa shape index (κ3) is 8.58. The number of anilines is 2. The number of benzene rings is 3. The summed E-state index contributed by atoms with van der Waals surface area (Å²) in [5.41, 5.74) is 6.32. The molecule has 0 saturated carbocycles. The van der Waals surface area contributed by atoms with Crippen LogP contribution in [0.15, 0.2) is 102 Å². The van der Waals surface area contributed by atoms with Gasteiger partial charge in [0.1, 0.15) is 5.75 Å². The fourth-order valence-corrected chi connectivity index (χ4v) is 4.47. The van der Waals surface area contributed by atoms with Crippen LogP contribution in [0.2, 0.25) is 0 Å². The van der Waals surface area contributed by atoms with Crippen LogP contribution < -0.4 is 15.0 Å². The van der Waals surface area contributed by atoms with Crippen molar-refractivity contribution in [1.82, 2.24) is 4.57 Å². The highest BCUT2D eigenvalue weighted by molar-refractivity contribution is 6.31. The zero-order valence-electron chi connectivity index (χ0n) is 26.0. The third-order valence-corrected chi connectivity index (χ3v) is 7.12. The van der Waals surface area contributed by atoms with Crippen molar-refractivity contribution in [3.8, 4) is 5.75 Å². The van der Waals surface area contributed by atoms with E-state index in [0.29, 0.717) is 38.9 Å². The van der Waals surface area contributed by atoms with E-state index in [0.717, 1.165) is 27.8 Å². The molecule has 3 aromatic carbocycles. The van der Waals surface area contributed by atoms with Gasteiger partial charge in [0.2, 0.25) is 12.3 Å². The zero-order valence-corrected chi connectivity index (χ0v) is 26.7. The summed E-state index contributed by atoms with van der Waals surface area (Å²) < 4.78 is 6.85. The van der Waals surface area contributed by atoms with E-state index < -0.39 is 11.9 Å². The van der Waals surface area contributed by atoms with Crippen molar-refractivity contribution in [1.29, 1.82) is 0 Å². The number of halogens is 1. The highest BCUT2D eigenvalue weighted by atomic mass is 35.5. The zero-order chi connectivity index (χ0) is 32.4. The maximum atomic E-state index is 13.7. The molecule has 0 spiro atoms. The van der Waals surface area contributed by atoms with Crippen LogP contribution in [0.1, 0.15) is 36.2 Å². The number of methoxy groups -OCH3 is 1. The smallest absolute Gasteiger partial charge is 0.333 e. The molecule has 228 valence electrons. The van der Waals surface area contributed by atoms with Gasteiger partial charge in [-0.3, -0.25) is 14.2 Å². The molecule has 7 nitrogen and oxygen atoms in total. The van der Waals surface area contributed by atoms with E-state index in [9.17, 15) is 14.4 Å². The third-order valence-electron chi connectivity index (χ3n) is 6.84. The molecule has 0 bridgehead atoms. The first kappa shape index (κ1) is 33.6. The summed E-state index contributed by atoms with van der Waals surface area (Å²) in [7, 11) is 1.56. The summed E-state index contributed by atoms with van der Waals surface area (Å²) in [6.07, 6.45) is 6.03. The van der Waals surface area contributed by atoms with Crippen molar-refractivity contribution in [3.63, 3.8) is 0 Å². The van der Waals surface area contributed by atoms with E-state index in [-0.39, 0.29) is 6.42 Å². The Morgan fingerprint density at radius 2 is 1.57 bits per heavy atom. The molecule has 1 aromatic heterocycles. The molecule has 44 heavy (non-hydrogen) atoms. The van der Waals surface area contributed by atoms with Crippen LogP contribution in [0.3, 0.4) is 0 Å². The van der Waals surface area contributed by atoms with Gasteiger partial charge in [0, 0.05) is 21.8 Å². The number of nitrogens with one attached hydrogen (secondary N) is 1. The number of urea groups is 1. The Balaban J connectivity index is 0.000000512. The minimum Gasteiger partial charge on any atom is -0.497 e. The van der Waals surface area contributed by atoms with E-state index in [1.165, 1.54) is 10.1 Å². The molecule has 0 atom stereocenters. The number of carbonyl (C=O) groups excluding carboxylic acids is 3. The maximum Gasteiger partial charge on any atom is 0.333 e. The minimum absolute atomic E-state index is 0.0778. The number of aromatic nitrogens is 1. The summed E-state index contributed by atoms with van der Waals surface area (Å²) in [5, 5.41) is 4.22. The molecule has 0 fully saturated rings. The molecular weight excluding hydrogens is 574 g/mol. The first-order valence-corrected chi connectivity index (χ1v) is 14.4. The number of hydrogen-bond donors (Lipinski definition) is 1. The van der Waals surface area contributed by atoms with Crippen LogP contribution in [0.4, 0.5) is 16.2 Å². The normalized spacial score (nSPS) is 10.8. The van der Waals surface area contributed by atoms with Crippen LogP contribution in [0.25, 0.3) is 10.9 Å². The first-order valence-electron chi connectivity index (χ1n) is 14.0. The number of nitrogens with zero attached hydrogens (tertiary/aromatic N) is 2. The molecule has 1 heterocycles. The maximum absolute atomic E-state index is 13.7. The standard InChI is InChI=1S/C28H27N3O4.C8H11Cl/c1-18-5-9-21(10-6-18)29-28(34)31(22-11-7-19(2)8-12-22)27(33)16-24-20(3)30(17-32)26-14-13-23(35-4)15-25(24)26;1-4-8(9)6-5-7(2)3/h5-15,17H,16H2,1-4H3,(H,29,34);4-6H,1H2,2-3H3/b;8-6+. The van der Waals surface area contributed by atoms with Crippen molar-refractivity contribution in [2.45, 2.75) is 41.0 Å². The highest BCUT2D eigenvalue weighted by Crippen LogP contribution is 2.30. The van der Waals surface area contributed by atoms with Gasteiger partial charge in [0.25, 0.3) is 0 Å². The summed E-state index contributed by atoms with van der Waals surface area (Å²) in [5.74, 6) is 0.191. The van der Waals surface area contributed by atoms with Gasteiger partial charge in [-0.1, -0.05) is 71.3 Å². The number of amides is 3. The SMILES string of the molecule is C=C/C(Cl)=C\C=C(C)C.COc1ccc2c(c1)c(CC(=O)N(C(=O)Nc1ccc(C)cc1)c1ccc(C)cc1)c(C)n2C=O. The number of hydrogen-bond acceptors (Lipinski definition) is 4. The Labute approximate surface area is 264 Å². The van der Waals surface area contributed by atoms with Crippen LogP contribution in [0.5, 0.6) is 5.75 Å². The molecule has 0 aliphatic carbocycles. The molecule has 4 rings (SSSR count). The molecule has 0 aliphatic heterocycles. The Morgan fingerprint density at radius 3 is 2.11 bits per heavy atom. The van der Waals surface area contributed by atoms with Crippen molar-refractivity contribution >= 4 is 52.2 Å². The van der Waals surface area contributed by atoms with Crippen LogP contribution in [0, 0.1) is 20.8 Å². The van der Waals surface area contributed by atoms with Crippen LogP contribution in [-0.4, -0.2) is 30.0 Å². The quantitative estimate of drug-likeness (QED) is 0.160. The summed E-state index contributed by atoms with van der Waals surface area (Å²) in [4.78, 5) is 39.9. The van der Waals surface area contributed by atoms with Crippen molar-refractivity contribution < 1.29 is 19.1 Å². The van der Waals surface area contributed by atoms with Gasteiger partial charge in [-0.25, -0.2) is 9.69 Å². The lowest BCUT2D eigenvalue weighted by molar-refractivity contribution is -0.117. The molecule has 0 saturated heterocycles. The molecule has 1 N–H and O–H groups in total. The average Bonchev–Trinajstić information content (AvgIpc) is 3.27. The average molecular weight is 612 g/mol.